The van der Waals surface area contributed by atoms with Crippen molar-refractivity contribution < 1.29 is 0 Å². The molecule has 3 N–H and O–H groups in total. The molecule has 2 aromatic rings. The lowest BCUT2D eigenvalue weighted by molar-refractivity contribution is 1.41. The molecule has 85 valence electrons. The molecular formula is C14H16BN2. The average Bonchev–Trinajstić information content (AvgIpc) is 2.74. The minimum absolute atomic E-state index is 1.06. The Kier molecular flexibility index (Phi) is 3.50. The van der Waals surface area contributed by atoms with Crippen LogP contribution in [0.2, 0.25) is 0 Å². The summed E-state index contributed by atoms with van der Waals surface area (Å²) < 4.78 is 0. The number of aromatic nitrogens is 1. The van der Waals surface area contributed by atoms with Gasteiger partial charge in [0.1, 0.15) is 0 Å². The minimum atomic E-state index is 1.06. The fraction of sp³-hybridized carbons (Fsp3) is 0.143. The van der Waals surface area contributed by atoms with E-state index in [1.54, 1.807) is 7.41 Å². The summed E-state index contributed by atoms with van der Waals surface area (Å²) in [5, 5.41) is 1.16. The van der Waals surface area contributed by atoms with E-state index < -0.39 is 0 Å². The Labute approximate surface area is 102 Å². The zero-order valence-electron chi connectivity index (χ0n) is 10.2. The van der Waals surface area contributed by atoms with Gasteiger partial charge in [-0.3, -0.25) is 0 Å². The number of fused-ring (bicyclic) bond motifs is 1. The quantitative estimate of drug-likeness (QED) is 0.608. The molecule has 1 heterocycles. The first kappa shape index (κ1) is 11.7. The van der Waals surface area contributed by atoms with E-state index in [1.807, 2.05) is 32.1 Å². The van der Waals surface area contributed by atoms with Crippen LogP contribution in [-0.4, -0.2) is 12.4 Å². The van der Waals surface area contributed by atoms with Crippen molar-refractivity contribution >= 4 is 29.4 Å². The first-order valence-corrected chi connectivity index (χ1v) is 5.76. The van der Waals surface area contributed by atoms with Gasteiger partial charge in [-0.05, 0) is 36.3 Å². The summed E-state index contributed by atoms with van der Waals surface area (Å²) in [6.07, 6.45) is 6.19. The second-order valence-corrected chi connectivity index (χ2v) is 3.87. The monoisotopic (exact) mass is 223 g/mol. The molecule has 0 saturated heterocycles. The highest BCUT2D eigenvalue weighted by Crippen LogP contribution is 2.19. The molecular weight excluding hydrogens is 207 g/mol. The topological polar surface area (TPSA) is 41.8 Å². The van der Waals surface area contributed by atoms with Crippen LogP contribution in [0.15, 0.2) is 42.5 Å². The van der Waals surface area contributed by atoms with Crippen LogP contribution >= 0.6 is 0 Å². The molecule has 0 aliphatic heterocycles. The Morgan fingerprint density at radius 1 is 1.29 bits per heavy atom. The maximum absolute atomic E-state index is 5.75. The molecule has 1 aromatic heterocycles. The first-order valence-electron chi connectivity index (χ1n) is 5.76. The smallest absolute Gasteiger partial charge is 0.245 e. The third kappa shape index (κ3) is 2.06. The molecule has 0 aliphatic carbocycles. The zero-order chi connectivity index (χ0) is 12.3. The summed E-state index contributed by atoms with van der Waals surface area (Å²) in [4.78, 5) is 3.42. The molecule has 0 fully saturated rings. The Bertz CT molecular complexity index is 579. The van der Waals surface area contributed by atoms with Crippen LogP contribution in [0.5, 0.6) is 0 Å². The Morgan fingerprint density at radius 3 is 2.71 bits per heavy atom. The predicted octanol–water partition coefficient (Wildman–Crippen LogP) is 2.35. The third-order valence-electron chi connectivity index (χ3n) is 2.86. The number of aromatic amines is 1. The van der Waals surface area contributed by atoms with Gasteiger partial charge >= 0.3 is 0 Å². The molecule has 1 aromatic carbocycles. The van der Waals surface area contributed by atoms with Crippen LogP contribution in [0.25, 0.3) is 16.5 Å². The standard InChI is InChI=1S/C14H16BN2/c1-3-7-10(4-2)14-13(15-16)11-8-5-6-9-12(11)17-14/h3-9,17H,16H2,1-2H3/b7-3-,10-4+. The average molecular weight is 223 g/mol. The summed E-state index contributed by atoms with van der Waals surface area (Å²) in [7, 11) is 1.67. The van der Waals surface area contributed by atoms with Crippen molar-refractivity contribution in [1.29, 1.82) is 0 Å². The van der Waals surface area contributed by atoms with Crippen molar-refractivity contribution in [3.8, 4) is 0 Å². The second kappa shape index (κ2) is 5.06. The fourth-order valence-electron chi connectivity index (χ4n) is 2.07. The third-order valence-corrected chi connectivity index (χ3v) is 2.86. The lowest BCUT2D eigenvalue weighted by Gasteiger charge is -2.02. The van der Waals surface area contributed by atoms with Crippen LogP contribution in [0, 0.1) is 0 Å². The SMILES string of the molecule is C/C=C\C(=C/C)c1[nH]c2ccccc2c1[B]N. The molecule has 17 heavy (non-hydrogen) atoms. The van der Waals surface area contributed by atoms with E-state index in [0.717, 1.165) is 27.6 Å². The van der Waals surface area contributed by atoms with E-state index in [2.05, 4.69) is 29.3 Å². The van der Waals surface area contributed by atoms with Crippen molar-refractivity contribution in [2.24, 2.45) is 5.64 Å². The van der Waals surface area contributed by atoms with Gasteiger partial charge in [-0.2, -0.15) is 0 Å². The van der Waals surface area contributed by atoms with E-state index in [-0.39, 0.29) is 0 Å². The van der Waals surface area contributed by atoms with Crippen molar-refractivity contribution in [1.82, 2.24) is 4.98 Å². The van der Waals surface area contributed by atoms with Gasteiger partial charge in [0.15, 0.2) is 0 Å². The van der Waals surface area contributed by atoms with E-state index >= 15 is 0 Å². The van der Waals surface area contributed by atoms with Gasteiger partial charge in [0.2, 0.25) is 7.41 Å². The number of para-hydroxylation sites is 1. The summed E-state index contributed by atoms with van der Waals surface area (Å²) in [5.74, 6) is 0. The maximum atomic E-state index is 5.75. The number of benzene rings is 1. The molecule has 1 radical (unpaired) electrons. The van der Waals surface area contributed by atoms with E-state index in [1.165, 1.54) is 0 Å². The summed E-state index contributed by atoms with van der Waals surface area (Å²) in [6.45, 7) is 4.04. The van der Waals surface area contributed by atoms with Crippen LogP contribution in [-0.2, 0) is 0 Å². The Morgan fingerprint density at radius 2 is 2.06 bits per heavy atom. The zero-order valence-corrected chi connectivity index (χ0v) is 10.2. The van der Waals surface area contributed by atoms with Gasteiger partial charge in [0, 0.05) is 11.2 Å². The van der Waals surface area contributed by atoms with E-state index in [4.69, 9.17) is 5.64 Å². The van der Waals surface area contributed by atoms with Crippen molar-refractivity contribution in [3.05, 3.63) is 48.2 Å². The van der Waals surface area contributed by atoms with Gasteiger partial charge in [0.25, 0.3) is 0 Å². The predicted molar refractivity (Wildman–Crippen MR) is 76.3 cm³/mol. The lowest BCUT2D eigenvalue weighted by Crippen LogP contribution is -2.25. The largest absolute Gasteiger partial charge is 0.370 e. The first-order chi connectivity index (χ1) is 8.31. The highest BCUT2D eigenvalue weighted by molar-refractivity contribution is 6.55. The highest BCUT2D eigenvalue weighted by atomic mass is 14.7. The number of hydrogen-bond acceptors (Lipinski definition) is 1. The Balaban J connectivity index is 2.68. The van der Waals surface area contributed by atoms with Gasteiger partial charge in [-0.25, -0.2) is 0 Å². The van der Waals surface area contributed by atoms with Crippen LogP contribution in [0.3, 0.4) is 0 Å². The molecule has 0 amide bonds. The molecule has 0 unspecified atom stereocenters. The summed E-state index contributed by atoms with van der Waals surface area (Å²) >= 11 is 0. The molecule has 0 aliphatic rings. The van der Waals surface area contributed by atoms with Gasteiger partial charge in [-0.15, -0.1) is 0 Å². The maximum Gasteiger partial charge on any atom is 0.245 e. The number of rotatable bonds is 3. The van der Waals surface area contributed by atoms with Crippen molar-refractivity contribution in [2.45, 2.75) is 13.8 Å². The number of H-pyrrole nitrogens is 1. The summed E-state index contributed by atoms with van der Waals surface area (Å²) in [5.41, 5.74) is 10.2. The van der Waals surface area contributed by atoms with Gasteiger partial charge in [0.05, 0.1) is 0 Å². The molecule has 0 atom stereocenters. The number of allylic oxidation sites excluding steroid dienone is 4. The van der Waals surface area contributed by atoms with E-state index in [0.29, 0.717) is 0 Å². The molecule has 2 nitrogen and oxygen atoms in total. The summed E-state index contributed by atoms with van der Waals surface area (Å²) in [6, 6.07) is 8.19. The van der Waals surface area contributed by atoms with Gasteiger partial charge in [-0.1, -0.05) is 36.4 Å². The minimum Gasteiger partial charge on any atom is -0.370 e. The van der Waals surface area contributed by atoms with Crippen LogP contribution in [0.1, 0.15) is 19.5 Å². The molecule has 0 bridgehead atoms. The molecule has 0 saturated carbocycles. The fourth-order valence-corrected chi connectivity index (χ4v) is 2.07. The molecule has 0 spiro atoms. The second-order valence-electron chi connectivity index (χ2n) is 3.87. The lowest BCUT2D eigenvalue weighted by atomic mass is 9.80. The number of nitrogens with two attached hydrogens (primary N) is 1. The normalized spacial score (nSPS) is 12.5. The van der Waals surface area contributed by atoms with Crippen LogP contribution < -0.4 is 11.1 Å². The molecule has 3 heteroatoms. The molecule has 2 rings (SSSR count). The highest BCUT2D eigenvalue weighted by Gasteiger charge is 2.11. The van der Waals surface area contributed by atoms with Gasteiger partial charge < -0.3 is 10.6 Å². The van der Waals surface area contributed by atoms with Crippen molar-refractivity contribution in [3.63, 3.8) is 0 Å². The Hall–Kier alpha value is -1.74. The van der Waals surface area contributed by atoms with Crippen LogP contribution in [0.4, 0.5) is 0 Å². The number of hydrogen-bond donors (Lipinski definition) is 2. The number of nitrogens with one attached hydrogen (secondary N) is 1. The van der Waals surface area contributed by atoms with E-state index in [9.17, 15) is 0 Å². The van der Waals surface area contributed by atoms with Crippen molar-refractivity contribution in [2.75, 3.05) is 0 Å².